The lowest BCUT2D eigenvalue weighted by Gasteiger charge is -2.38. The number of benzene rings is 2. The number of anilines is 1. The average molecular weight is 503 g/mol. The first-order valence-corrected chi connectivity index (χ1v) is 13.6. The molecule has 0 bridgehead atoms. The van der Waals surface area contributed by atoms with Gasteiger partial charge in [0, 0.05) is 31.9 Å². The molecule has 34 heavy (non-hydrogen) atoms. The van der Waals surface area contributed by atoms with Crippen molar-refractivity contribution in [2.24, 2.45) is 5.92 Å². The molecule has 3 aromatic rings. The zero-order valence-electron chi connectivity index (χ0n) is 19.8. The number of rotatable bonds is 7. The standard InChI is InChI=1S/C24H30N4O4S2/c1-16(2)23(26-34(30,31)20-9-10-21-22(15-20)33-17(3)25-21)24(29)28-13-11-27(12-14-28)18-5-7-19(32-4)8-6-18/h5-10,15-16,23,26H,11-14H2,1-4H3. The largest absolute Gasteiger partial charge is 0.497 e. The molecule has 1 fully saturated rings. The Balaban J connectivity index is 1.44. The van der Waals surface area contributed by atoms with Gasteiger partial charge in [-0.25, -0.2) is 13.4 Å². The molecule has 1 atom stereocenters. The van der Waals surface area contributed by atoms with Crippen LogP contribution in [0.2, 0.25) is 0 Å². The van der Waals surface area contributed by atoms with Crippen LogP contribution in [0, 0.1) is 12.8 Å². The highest BCUT2D eigenvalue weighted by molar-refractivity contribution is 7.89. The number of fused-ring (bicyclic) bond motifs is 1. The molecule has 0 aliphatic carbocycles. The number of amides is 1. The molecule has 8 nitrogen and oxygen atoms in total. The monoisotopic (exact) mass is 502 g/mol. The van der Waals surface area contributed by atoms with Gasteiger partial charge in [0.25, 0.3) is 0 Å². The fourth-order valence-electron chi connectivity index (χ4n) is 4.07. The minimum Gasteiger partial charge on any atom is -0.497 e. The van der Waals surface area contributed by atoms with E-state index in [9.17, 15) is 13.2 Å². The molecule has 182 valence electrons. The number of piperazine rings is 1. The molecule has 1 aromatic heterocycles. The summed E-state index contributed by atoms with van der Waals surface area (Å²) in [5, 5.41) is 0.876. The fraction of sp³-hybridized carbons (Fsp3) is 0.417. The average Bonchev–Trinajstić information content (AvgIpc) is 3.21. The van der Waals surface area contributed by atoms with Crippen molar-refractivity contribution in [3.8, 4) is 5.75 Å². The van der Waals surface area contributed by atoms with Gasteiger partial charge < -0.3 is 14.5 Å². The summed E-state index contributed by atoms with van der Waals surface area (Å²) >= 11 is 1.45. The molecule has 2 heterocycles. The van der Waals surface area contributed by atoms with Crippen molar-refractivity contribution in [1.82, 2.24) is 14.6 Å². The summed E-state index contributed by atoms with van der Waals surface area (Å²) in [5.74, 6) is 0.410. The Morgan fingerprint density at radius 2 is 1.76 bits per heavy atom. The normalized spacial score (nSPS) is 15.7. The van der Waals surface area contributed by atoms with E-state index in [4.69, 9.17) is 4.74 Å². The van der Waals surface area contributed by atoms with Crippen LogP contribution < -0.4 is 14.4 Å². The predicted molar refractivity (Wildman–Crippen MR) is 135 cm³/mol. The van der Waals surface area contributed by atoms with Gasteiger partial charge in [0.05, 0.1) is 27.2 Å². The SMILES string of the molecule is COc1ccc(N2CCN(C(=O)C(NS(=O)(=O)c3ccc4nc(C)sc4c3)C(C)C)CC2)cc1. The van der Waals surface area contributed by atoms with Crippen LogP contribution in [0.3, 0.4) is 0 Å². The summed E-state index contributed by atoms with van der Waals surface area (Å²) in [6, 6.07) is 11.9. The van der Waals surface area contributed by atoms with Crippen LogP contribution in [-0.4, -0.2) is 63.5 Å². The molecule has 1 saturated heterocycles. The smallest absolute Gasteiger partial charge is 0.241 e. The van der Waals surface area contributed by atoms with Crippen molar-refractivity contribution in [3.05, 3.63) is 47.5 Å². The number of methoxy groups -OCH3 is 1. The Labute approximate surface area is 204 Å². The summed E-state index contributed by atoms with van der Waals surface area (Å²) in [7, 11) is -2.24. The third-order valence-electron chi connectivity index (χ3n) is 6.02. The number of carbonyl (C=O) groups is 1. The topological polar surface area (TPSA) is 91.8 Å². The molecule has 10 heteroatoms. The maximum absolute atomic E-state index is 13.3. The first-order chi connectivity index (χ1) is 16.2. The van der Waals surface area contributed by atoms with E-state index in [-0.39, 0.29) is 16.7 Å². The van der Waals surface area contributed by atoms with E-state index in [0.29, 0.717) is 26.2 Å². The Hall–Kier alpha value is -2.69. The Bertz CT molecular complexity index is 1260. The lowest BCUT2D eigenvalue weighted by atomic mass is 10.0. The van der Waals surface area contributed by atoms with E-state index < -0.39 is 16.1 Å². The van der Waals surface area contributed by atoms with Crippen LogP contribution in [0.25, 0.3) is 10.2 Å². The zero-order chi connectivity index (χ0) is 24.5. The summed E-state index contributed by atoms with van der Waals surface area (Å²) in [4.78, 5) is 21.8. The number of sulfonamides is 1. The van der Waals surface area contributed by atoms with Crippen molar-refractivity contribution in [1.29, 1.82) is 0 Å². The van der Waals surface area contributed by atoms with Gasteiger partial charge in [-0.3, -0.25) is 4.79 Å². The maximum atomic E-state index is 13.3. The van der Waals surface area contributed by atoms with Gasteiger partial charge in [0.15, 0.2) is 0 Å². The van der Waals surface area contributed by atoms with E-state index in [2.05, 4.69) is 14.6 Å². The Kier molecular flexibility index (Phi) is 7.11. The van der Waals surface area contributed by atoms with Crippen molar-refractivity contribution < 1.29 is 17.9 Å². The molecular weight excluding hydrogens is 472 g/mol. The van der Waals surface area contributed by atoms with Gasteiger partial charge in [-0.1, -0.05) is 13.8 Å². The molecule has 1 N–H and O–H groups in total. The van der Waals surface area contributed by atoms with Gasteiger partial charge >= 0.3 is 0 Å². The molecule has 0 spiro atoms. The third-order valence-corrected chi connectivity index (χ3v) is 8.39. The van der Waals surface area contributed by atoms with E-state index in [1.807, 2.05) is 45.0 Å². The summed E-state index contributed by atoms with van der Waals surface area (Å²) in [6.45, 7) is 8.01. The Morgan fingerprint density at radius 1 is 1.09 bits per heavy atom. The minimum atomic E-state index is -3.87. The highest BCUT2D eigenvalue weighted by Crippen LogP contribution is 2.25. The van der Waals surface area contributed by atoms with E-state index in [0.717, 1.165) is 26.7 Å². The predicted octanol–water partition coefficient (Wildman–Crippen LogP) is 3.27. The van der Waals surface area contributed by atoms with Crippen LogP contribution in [0.4, 0.5) is 5.69 Å². The number of hydrogen-bond acceptors (Lipinski definition) is 7. The number of hydrogen-bond donors (Lipinski definition) is 1. The molecule has 0 saturated carbocycles. The lowest BCUT2D eigenvalue weighted by molar-refractivity contribution is -0.134. The number of aromatic nitrogens is 1. The molecule has 1 unspecified atom stereocenters. The molecule has 1 aliphatic heterocycles. The first-order valence-electron chi connectivity index (χ1n) is 11.3. The van der Waals surface area contributed by atoms with E-state index in [1.165, 1.54) is 11.3 Å². The van der Waals surface area contributed by atoms with Gasteiger partial charge in [0.2, 0.25) is 15.9 Å². The van der Waals surface area contributed by atoms with Crippen LogP contribution in [-0.2, 0) is 14.8 Å². The highest BCUT2D eigenvalue weighted by Gasteiger charge is 2.33. The van der Waals surface area contributed by atoms with Crippen molar-refractivity contribution in [2.75, 3.05) is 38.2 Å². The second-order valence-electron chi connectivity index (χ2n) is 8.72. The number of thiazole rings is 1. The third kappa shape index (κ3) is 5.18. The summed E-state index contributed by atoms with van der Waals surface area (Å²) in [5.41, 5.74) is 1.84. The molecule has 0 radical (unpaired) electrons. The van der Waals surface area contributed by atoms with Crippen LogP contribution in [0.1, 0.15) is 18.9 Å². The van der Waals surface area contributed by atoms with Crippen molar-refractivity contribution in [3.63, 3.8) is 0 Å². The quantitative estimate of drug-likeness (QED) is 0.533. The van der Waals surface area contributed by atoms with Gasteiger partial charge in [-0.15, -0.1) is 11.3 Å². The number of nitrogens with zero attached hydrogens (tertiary/aromatic N) is 3. The molecule has 2 aromatic carbocycles. The molecular formula is C24H30N4O4S2. The van der Waals surface area contributed by atoms with Gasteiger partial charge in [-0.05, 0) is 55.3 Å². The first kappa shape index (κ1) is 24.4. The number of carbonyl (C=O) groups excluding carboxylic acids is 1. The number of ether oxygens (including phenoxy) is 1. The maximum Gasteiger partial charge on any atom is 0.241 e. The number of nitrogens with one attached hydrogen (secondary N) is 1. The van der Waals surface area contributed by atoms with Gasteiger partial charge in [0.1, 0.15) is 11.8 Å². The van der Waals surface area contributed by atoms with Crippen molar-refractivity contribution >= 4 is 43.2 Å². The molecule has 4 rings (SSSR count). The van der Waals surface area contributed by atoms with Crippen LogP contribution in [0.5, 0.6) is 5.75 Å². The van der Waals surface area contributed by atoms with Crippen LogP contribution >= 0.6 is 11.3 Å². The minimum absolute atomic E-state index is 0.145. The fourth-order valence-corrected chi connectivity index (χ4v) is 6.37. The summed E-state index contributed by atoms with van der Waals surface area (Å²) in [6.07, 6.45) is 0. The van der Waals surface area contributed by atoms with Gasteiger partial charge in [-0.2, -0.15) is 4.72 Å². The van der Waals surface area contributed by atoms with Crippen LogP contribution in [0.15, 0.2) is 47.4 Å². The lowest BCUT2D eigenvalue weighted by Crippen LogP contribution is -2.56. The Morgan fingerprint density at radius 3 is 2.38 bits per heavy atom. The highest BCUT2D eigenvalue weighted by atomic mass is 32.2. The summed E-state index contributed by atoms with van der Waals surface area (Å²) < 4.78 is 35.0. The molecule has 1 aliphatic rings. The van der Waals surface area contributed by atoms with Crippen molar-refractivity contribution in [2.45, 2.75) is 31.7 Å². The number of aryl methyl sites for hydroxylation is 1. The second kappa shape index (κ2) is 9.89. The molecule has 1 amide bonds. The zero-order valence-corrected chi connectivity index (χ0v) is 21.4. The van der Waals surface area contributed by atoms with E-state index in [1.54, 1.807) is 30.2 Å². The van der Waals surface area contributed by atoms with E-state index >= 15 is 0 Å². The second-order valence-corrected chi connectivity index (χ2v) is 11.7.